The Labute approximate surface area is 160 Å². The van der Waals surface area contributed by atoms with Crippen LogP contribution in [0.5, 0.6) is 0 Å². The number of hydrogen-bond acceptors (Lipinski definition) is 2. The SMILES string of the molecule is CC1(C)c2ccccc2-c2cc3c(cc21)-c1ccc(B(O)O)cc1C3(C)C. The highest BCUT2D eigenvalue weighted by molar-refractivity contribution is 6.58. The molecule has 0 atom stereocenters. The Hall–Kier alpha value is -2.36. The van der Waals surface area contributed by atoms with Crippen molar-refractivity contribution in [3.05, 3.63) is 76.9 Å². The van der Waals surface area contributed by atoms with Gasteiger partial charge in [-0.25, -0.2) is 0 Å². The van der Waals surface area contributed by atoms with Crippen molar-refractivity contribution in [2.45, 2.75) is 38.5 Å². The summed E-state index contributed by atoms with van der Waals surface area (Å²) < 4.78 is 0. The molecule has 0 fully saturated rings. The summed E-state index contributed by atoms with van der Waals surface area (Å²) in [5.41, 5.74) is 10.7. The summed E-state index contributed by atoms with van der Waals surface area (Å²) in [5, 5.41) is 19.2. The van der Waals surface area contributed by atoms with Crippen molar-refractivity contribution in [2.75, 3.05) is 0 Å². The molecule has 0 heterocycles. The van der Waals surface area contributed by atoms with Gasteiger partial charge in [0.25, 0.3) is 0 Å². The summed E-state index contributed by atoms with van der Waals surface area (Å²) in [6.07, 6.45) is 0. The van der Waals surface area contributed by atoms with Crippen molar-refractivity contribution in [2.24, 2.45) is 0 Å². The average Bonchev–Trinajstić information content (AvgIpc) is 3.00. The van der Waals surface area contributed by atoms with Crippen molar-refractivity contribution in [3.8, 4) is 22.3 Å². The highest BCUT2D eigenvalue weighted by Crippen LogP contribution is 2.55. The van der Waals surface area contributed by atoms with Gasteiger partial charge in [0.15, 0.2) is 0 Å². The molecule has 0 saturated heterocycles. The second-order valence-electron chi connectivity index (χ2n) is 8.92. The van der Waals surface area contributed by atoms with E-state index < -0.39 is 7.12 Å². The molecule has 0 spiro atoms. The summed E-state index contributed by atoms with van der Waals surface area (Å²) in [6, 6.07) is 19.3. The van der Waals surface area contributed by atoms with Gasteiger partial charge >= 0.3 is 7.12 Å². The molecule has 3 aromatic carbocycles. The largest absolute Gasteiger partial charge is 0.488 e. The van der Waals surface area contributed by atoms with Crippen LogP contribution in [0.15, 0.2) is 54.6 Å². The van der Waals surface area contributed by atoms with Gasteiger partial charge in [-0.3, -0.25) is 0 Å². The van der Waals surface area contributed by atoms with E-state index in [1.54, 1.807) is 0 Å². The maximum absolute atomic E-state index is 9.61. The summed E-state index contributed by atoms with van der Waals surface area (Å²) in [7, 11) is -1.44. The third kappa shape index (κ3) is 2.04. The van der Waals surface area contributed by atoms with Crippen LogP contribution in [0.3, 0.4) is 0 Å². The molecule has 0 aromatic heterocycles. The highest BCUT2D eigenvalue weighted by Gasteiger charge is 2.41. The van der Waals surface area contributed by atoms with E-state index in [0.717, 1.165) is 5.56 Å². The molecule has 0 amide bonds. The fourth-order valence-electron chi connectivity index (χ4n) is 5.11. The van der Waals surface area contributed by atoms with Gasteiger partial charge in [0, 0.05) is 10.8 Å². The lowest BCUT2D eigenvalue weighted by molar-refractivity contribution is 0.425. The molecule has 27 heavy (non-hydrogen) atoms. The quantitative estimate of drug-likeness (QED) is 0.649. The summed E-state index contributed by atoms with van der Waals surface area (Å²) in [6.45, 7) is 9.06. The van der Waals surface area contributed by atoms with Crippen LogP contribution in [0.1, 0.15) is 49.9 Å². The van der Waals surface area contributed by atoms with Gasteiger partial charge in [0.05, 0.1) is 0 Å². The molecule has 0 unspecified atom stereocenters. The molecule has 0 saturated carbocycles. The first kappa shape index (κ1) is 16.8. The molecule has 2 aliphatic carbocycles. The highest BCUT2D eigenvalue weighted by atomic mass is 16.4. The summed E-state index contributed by atoms with van der Waals surface area (Å²) in [5.74, 6) is 0. The normalized spacial score (nSPS) is 17.1. The van der Waals surface area contributed by atoms with Gasteiger partial charge in [-0.15, -0.1) is 0 Å². The van der Waals surface area contributed by atoms with Crippen LogP contribution in [-0.2, 0) is 10.8 Å². The minimum Gasteiger partial charge on any atom is -0.423 e. The van der Waals surface area contributed by atoms with Crippen LogP contribution in [0, 0.1) is 0 Å². The van der Waals surface area contributed by atoms with Crippen LogP contribution >= 0.6 is 0 Å². The van der Waals surface area contributed by atoms with Crippen molar-refractivity contribution in [1.82, 2.24) is 0 Å². The third-order valence-electron chi connectivity index (χ3n) is 6.70. The van der Waals surface area contributed by atoms with E-state index in [-0.39, 0.29) is 10.8 Å². The Bertz CT molecular complexity index is 1110. The maximum Gasteiger partial charge on any atom is 0.488 e. The molecule has 0 radical (unpaired) electrons. The predicted molar refractivity (Wildman–Crippen MR) is 111 cm³/mol. The monoisotopic (exact) mass is 354 g/mol. The maximum atomic E-state index is 9.61. The van der Waals surface area contributed by atoms with E-state index in [4.69, 9.17) is 0 Å². The van der Waals surface area contributed by atoms with Gasteiger partial charge < -0.3 is 10.0 Å². The average molecular weight is 354 g/mol. The zero-order valence-corrected chi connectivity index (χ0v) is 16.2. The standard InChI is InChI=1S/C24H23BO2/c1-23(2)19-8-6-5-7-15(19)17-12-22-18(13-21(17)23)16-10-9-14(25(26)27)11-20(16)24(22,3)4/h5-13,26-27H,1-4H3. The topological polar surface area (TPSA) is 40.5 Å². The number of fused-ring (bicyclic) bond motifs is 6. The third-order valence-corrected chi connectivity index (χ3v) is 6.70. The second kappa shape index (κ2) is 5.12. The molecule has 3 aromatic rings. The van der Waals surface area contributed by atoms with E-state index in [0.29, 0.717) is 5.46 Å². The van der Waals surface area contributed by atoms with Crippen molar-refractivity contribution in [3.63, 3.8) is 0 Å². The van der Waals surface area contributed by atoms with Crippen LogP contribution in [-0.4, -0.2) is 17.2 Å². The first-order valence-electron chi connectivity index (χ1n) is 9.53. The predicted octanol–water partition coefficient (Wildman–Crippen LogP) is 3.98. The lowest BCUT2D eigenvalue weighted by Crippen LogP contribution is -2.31. The molecular formula is C24H23BO2. The second-order valence-corrected chi connectivity index (χ2v) is 8.92. The van der Waals surface area contributed by atoms with E-state index in [1.165, 1.54) is 38.9 Å². The van der Waals surface area contributed by atoms with E-state index in [2.05, 4.69) is 64.1 Å². The van der Waals surface area contributed by atoms with Crippen LogP contribution in [0.25, 0.3) is 22.3 Å². The van der Waals surface area contributed by atoms with E-state index >= 15 is 0 Å². The molecule has 2 aliphatic rings. The Morgan fingerprint density at radius 2 is 1.11 bits per heavy atom. The minimum absolute atomic E-state index is 0.0188. The molecular weight excluding hydrogens is 331 g/mol. The van der Waals surface area contributed by atoms with Crippen molar-refractivity contribution in [1.29, 1.82) is 0 Å². The van der Waals surface area contributed by atoms with Crippen LogP contribution in [0.2, 0.25) is 0 Å². The smallest absolute Gasteiger partial charge is 0.423 e. The first-order chi connectivity index (χ1) is 12.7. The Kier molecular flexibility index (Phi) is 3.19. The fourth-order valence-corrected chi connectivity index (χ4v) is 5.11. The van der Waals surface area contributed by atoms with E-state index in [1.807, 2.05) is 18.2 Å². The summed E-state index contributed by atoms with van der Waals surface area (Å²) in [4.78, 5) is 0. The molecule has 2 nitrogen and oxygen atoms in total. The Morgan fingerprint density at radius 1 is 0.593 bits per heavy atom. The van der Waals surface area contributed by atoms with Gasteiger partial charge in [-0.2, -0.15) is 0 Å². The van der Waals surface area contributed by atoms with Gasteiger partial charge in [-0.05, 0) is 62.1 Å². The van der Waals surface area contributed by atoms with Crippen LogP contribution in [0.4, 0.5) is 0 Å². The number of rotatable bonds is 1. The van der Waals surface area contributed by atoms with Gasteiger partial charge in [0.1, 0.15) is 0 Å². The Balaban J connectivity index is 1.80. The molecule has 0 bridgehead atoms. The first-order valence-corrected chi connectivity index (χ1v) is 9.53. The number of benzene rings is 3. The molecule has 134 valence electrons. The van der Waals surface area contributed by atoms with Gasteiger partial charge in [0.2, 0.25) is 0 Å². The lowest BCUT2D eigenvalue weighted by atomic mass is 9.75. The molecule has 5 rings (SSSR count). The number of hydrogen-bond donors (Lipinski definition) is 2. The molecule has 0 aliphatic heterocycles. The fraction of sp³-hybridized carbons (Fsp3) is 0.250. The molecule has 3 heteroatoms. The molecule has 2 N–H and O–H groups in total. The van der Waals surface area contributed by atoms with Crippen molar-refractivity contribution >= 4 is 12.6 Å². The summed E-state index contributed by atoms with van der Waals surface area (Å²) >= 11 is 0. The van der Waals surface area contributed by atoms with Gasteiger partial charge in [-0.1, -0.05) is 70.2 Å². The van der Waals surface area contributed by atoms with E-state index in [9.17, 15) is 10.0 Å². The zero-order chi connectivity index (χ0) is 19.1. The van der Waals surface area contributed by atoms with Crippen molar-refractivity contribution < 1.29 is 10.0 Å². The lowest BCUT2D eigenvalue weighted by Gasteiger charge is -2.24. The minimum atomic E-state index is -1.44. The van der Waals surface area contributed by atoms with Crippen LogP contribution < -0.4 is 5.46 Å². The zero-order valence-electron chi connectivity index (χ0n) is 16.2. The Morgan fingerprint density at radius 3 is 1.74 bits per heavy atom.